The fraction of sp³-hybridized carbons (Fsp3) is 0.588. The smallest absolute Gasteiger partial charge is 0.329 e. The summed E-state index contributed by atoms with van der Waals surface area (Å²) in [7, 11) is 0. The van der Waals surface area contributed by atoms with Gasteiger partial charge in [0, 0.05) is 12.2 Å². The van der Waals surface area contributed by atoms with Crippen molar-refractivity contribution in [3.8, 4) is 0 Å². The molecule has 0 unspecified atom stereocenters. The van der Waals surface area contributed by atoms with Crippen molar-refractivity contribution < 1.29 is 9.53 Å². The van der Waals surface area contributed by atoms with Crippen molar-refractivity contribution >= 4 is 11.7 Å². The molecule has 1 heterocycles. The van der Waals surface area contributed by atoms with Crippen molar-refractivity contribution in [2.24, 2.45) is 11.8 Å². The minimum absolute atomic E-state index is 0.0363. The molecule has 1 aromatic carbocycles. The largest absolute Gasteiger partial charge is 0.464 e. The van der Waals surface area contributed by atoms with Gasteiger partial charge in [-0.25, -0.2) is 4.79 Å². The summed E-state index contributed by atoms with van der Waals surface area (Å²) in [6.07, 6.45) is 4.97. The van der Waals surface area contributed by atoms with E-state index in [9.17, 15) is 4.79 Å². The van der Waals surface area contributed by atoms with Crippen molar-refractivity contribution in [3.63, 3.8) is 0 Å². The number of para-hydroxylation sites is 1. The van der Waals surface area contributed by atoms with Crippen LogP contribution in [0.1, 0.15) is 32.6 Å². The Balaban J connectivity index is 1.88. The van der Waals surface area contributed by atoms with Gasteiger partial charge in [0.15, 0.2) is 0 Å². The molecule has 0 aromatic heterocycles. The number of hydrogen-bond acceptors (Lipinski definition) is 3. The van der Waals surface area contributed by atoms with Crippen LogP contribution in [0.2, 0.25) is 0 Å². The first-order valence-electron chi connectivity index (χ1n) is 7.79. The topological polar surface area (TPSA) is 29.5 Å². The highest BCUT2D eigenvalue weighted by Crippen LogP contribution is 2.42. The van der Waals surface area contributed by atoms with E-state index in [1.165, 1.54) is 19.3 Å². The number of nitrogens with zero attached hydrogens (tertiary/aromatic N) is 1. The zero-order valence-electron chi connectivity index (χ0n) is 12.1. The molecule has 3 atom stereocenters. The van der Waals surface area contributed by atoms with E-state index in [1.54, 1.807) is 0 Å². The molecule has 0 N–H and O–H groups in total. The fourth-order valence-corrected chi connectivity index (χ4v) is 3.89. The third kappa shape index (κ3) is 2.41. The van der Waals surface area contributed by atoms with Crippen LogP contribution in [0.5, 0.6) is 0 Å². The molecule has 1 aromatic rings. The quantitative estimate of drug-likeness (QED) is 0.792. The summed E-state index contributed by atoms with van der Waals surface area (Å²) in [5.41, 5.74) is 1.15. The average molecular weight is 273 g/mol. The number of ether oxygens (including phenoxy) is 1. The summed E-state index contributed by atoms with van der Waals surface area (Å²) in [5.74, 6) is 1.09. The number of hydrogen-bond donors (Lipinski definition) is 0. The maximum atomic E-state index is 12.4. The Morgan fingerprint density at radius 1 is 1.25 bits per heavy atom. The molecule has 2 fully saturated rings. The summed E-state index contributed by atoms with van der Waals surface area (Å²) >= 11 is 0. The Bertz CT molecular complexity index is 459. The molecule has 0 spiro atoms. The van der Waals surface area contributed by atoms with E-state index >= 15 is 0 Å². The molecule has 2 aliphatic rings. The van der Waals surface area contributed by atoms with Crippen molar-refractivity contribution in [1.82, 2.24) is 0 Å². The van der Waals surface area contributed by atoms with Crippen molar-refractivity contribution in [2.75, 3.05) is 18.1 Å². The molecule has 1 saturated carbocycles. The molecule has 1 aliphatic carbocycles. The minimum atomic E-state index is -0.0809. The molecule has 1 saturated heterocycles. The lowest BCUT2D eigenvalue weighted by molar-refractivity contribution is -0.145. The first kappa shape index (κ1) is 13.5. The number of rotatable bonds is 3. The molecule has 0 bridgehead atoms. The Morgan fingerprint density at radius 3 is 2.75 bits per heavy atom. The van der Waals surface area contributed by atoms with Gasteiger partial charge < -0.3 is 9.64 Å². The van der Waals surface area contributed by atoms with Gasteiger partial charge in [-0.1, -0.05) is 31.0 Å². The molecular weight excluding hydrogens is 250 g/mol. The summed E-state index contributed by atoms with van der Waals surface area (Å²) in [6, 6.07) is 10.2. The van der Waals surface area contributed by atoms with E-state index < -0.39 is 0 Å². The van der Waals surface area contributed by atoms with Gasteiger partial charge in [0.25, 0.3) is 0 Å². The van der Waals surface area contributed by atoms with Gasteiger partial charge >= 0.3 is 5.97 Å². The van der Waals surface area contributed by atoms with Crippen LogP contribution in [0.3, 0.4) is 0 Å². The highest BCUT2D eigenvalue weighted by Gasteiger charge is 2.47. The molecule has 0 radical (unpaired) electrons. The molecule has 0 amide bonds. The normalized spacial score (nSPS) is 29.1. The first-order valence-corrected chi connectivity index (χ1v) is 7.79. The lowest BCUT2D eigenvalue weighted by atomic mass is 9.78. The van der Waals surface area contributed by atoms with Gasteiger partial charge in [-0.15, -0.1) is 0 Å². The second-order valence-corrected chi connectivity index (χ2v) is 5.89. The number of carbonyl (C=O) groups excluding carboxylic acids is 1. The van der Waals surface area contributed by atoms with Crippen LogP contribution in [-0.2, 0) is 9.53 Å². The summed E-state index contributed by atoms with van der Waals surface area (Å²) in [4.78, 5) is 14.7. The van der Waals surface area contributed by atoms with Gasteiger partial charge in [0.05, 0.1) is 6.61 Å². The Labute approximate surface area is 120 Å². The summed E-state index contributed by atoms with van der Waals surface area (Å²) in [5, 5.41) is 0. The van der Waals surface area contributed by atoms with Crippen molar-refractivity contribution in [1.29, 1.82) is 0 Å². The number of anilines is 1. The average Bonchev–Trinajstić information content (AvgIpc) is 2.88. The van der Waals surface area contributed by atoms with E-state index in [1.807, 2.05) is 25.1 Å². The second-order valence-electron chi connectivity index (χ2n) is 5.89. The Morgan fingerprint density at radius 2 is 2.00 bits per heavy atom. The van der Waals surface area contributed by atoms with E-state index in [0.717, 1.165) is 18.7 Å². The van der Waals surface area contributed by atoms with Gasteiger partial charge in [0.2, 0.25) is 0 Å². The molecular formula is C17H23NO2. The van der Waals surface area contributed by atoms with Gasteiger partial charge in [0.1, 0.15) is 6.04 Å². The number of esters is 1. The Hall–Kier alpha value is -1.51. The predicted octanol–water partition coefficient (Wildman–Crippen LogP) is 3.24. The van der Waals surface area contributed by atoms with E-state index in [0.29, 0.717) is 18.4 Å². The molecule has 3 nitrogen and oxygen atoms in total. The van der Waals surface area contributed by atoms with Crippen LogP contribution in [-0.4, -0.2) is 25.2 Å². The zero-order valence-corrected chi connectivity index (χ0v) is 12.1. The summed E-state index contributed by atoms with van der Waals surface area (Å²) in [6.45, 7) is 3.35. The van der Waals surface area contributed by atoms with Crippen LogP contribution >= 0.6 is 0 Å². The standard InChI is InChI=1S/C17H23NO2/c1-2-20-17(19)16-15-11-7-6-8-13(15)12-18(16)14-9-4-3-5-10-14/h3-5,9-10,13,15-16H,2,6-8,11-12H2,1H3/t13-,15-,16+/m0/s1. The van der Waals surface area contributed by atoms with Crippen LogP contribution < -0.4 is 4.90 Å². The molecule has 3 heteroatoms. The number of fused-ring (bicyclic) bond motifs is 1. The van der Waals surface area contributed by atoms with Gasteiger partial charge in [-0.05, 0) is 43.7 Å². The van der Waals surface area contributed by atoms with Crippen LogP contribution in [0.25, 0.3) is 0 Å². The van der Waals surface area contributed by atoms with E-state index in [4.69, 9.17) is 4.74 Å². The lowest BCUT2D eigenvalue weighted by Gasteiger charge is -2.29. The predicted molar refractivity (Wildman–Crippen MR) is 79.7 cm³/mol. The van der Waals surface area contributed by atoms with Crippen molar-refractivity contribution in [3.05, 3.63) is 30.3 Å². The zero-order chi connectivity index (χ0) is 13.9. The fourth-order valence-electron chi connectivity index (χ4n) is 3.89. The summed E-state index contributed by atoms with van der Waals surface area (Å²) < 4.78 is 5.35. The van der Waals surface area contributed by atoms with Crippen molar-refractivity contribution in [2.45, 2.75) is 38.6 Å². The third-order valence-corrected chi connectivity index (χ3v) is 4.76. The van der Waals surface area contributed by atoms with Gasteiger partial charge in [-0.2, -0.15) is 0 Å². The van der Waals surface area contributed by atoms with Crippen LogP contribution in [0.4, 0.5) is 5.69 Å². The number of benzene rings is 1. The molecule has 1 aliphatic heterocycles. The van der Waals surface area contributed by atoms with Gasteiger partial charge in [-0.3, -0.25) is 0 Å². The highest BCUT2D eigenvalue weighted by molar-refractivity contribution is 5.81. The molecule has 108 valence electrons. The highest BCUT2D eigenvalue weighted by atomic mass is 16.5. The van der Waals surface area contributed by atoms with E-state index in [2.05, 4.69) is 17.0 Å². The molecule has 3 rings (SSSR count). The maximum Gasteiger partial charge on any atom is 0.329 e. The lowest BCUT2D eigenvalue weighted by Crippen LogP contribution is -2.41. The minimum Gasteiger partial charge on any atom is -0.464 e. The SMILES string of the molecule is CCOC(=O)[C@H]1[C@H]2CCCC[C@H]2CN1c1ccccc1. The van der Waals surface area contributed by atoms with Crippen LogP contribution in [0.15, 0.2) is 30.3 Å². The Kier molecular flexibility index (Phi) is 3.95. The molecule has 20 heavy (non-hydrogen) atoms. The maximum absolute atomic E-state index is 12.4. The third-order valence-electron chi connectivity index (χ3n) is 4.76. The van der Waals surface area contributed by atoms with Crippen LogP contribution in [0, 0.1) is 11.8 Å². The monoisotopic (exact) mass is 273 g/mol. The van der Waals surface area contributed by atoms with E-state index in [-0.39, 0.29) is 12.0 Å². The number of carbonyl (C=O) groups is 1. The first-order chi connectivity index (χ1) is 9.81. The second kappa shape index (κ2) is 5.86.